The zero-order valence-corrected chi connectivity index (χ0v) is 12.0. The van der Waals surface area contributed by atoms with Crippen molar-refractivity contribution in [1.82, 2.24) is 4.90 Å². The molecule has 4 nitrogen and oxygen atoms in total. The van der Waals surface area contributed by atoms with Crippen LogP contribution in [0.2, 0.25) is 0 Å². The number of morpholine rings is 1. The van der Waals surface area contributed by atoms with Crippen molar-refractivity contribution in [3.05, 3.63) is 0 Å². The molecular weight excluding hydrogens is 240 g/mol. The lowest BCUT2D eigenvalue weighted by Gasteiger charge is -2.36. The van der Waals surface area contributed by atoms with Gasteiger partial charge in [-0.1, -0.05) is 13.8 Å². The predicted octanol–water partition coefficient (Wildman–Crippen LogP) is 1.42. The summed E-state index contributed by atoms with van der Waals surface area (Å²) in [6, 6.07) is -0.363. The van der Waals surface area contributed by atoms with Crippen molar-refractivity contribution in [2.75, 3.05) is 13.1 Å². The van der Waals surface area contributed by atoms with E-state index in [-0.39, 0.29) is 36.6 Å². The van der Waals surface area contributed by atoms with E-state index < -0.39 is 0 Å². The van der Waals surface area contributed by atoms with Crippen LogP contribution in [-0.4, -0.2) is 42.1 Å². The fraction of sp³-hybridized carbons (Fsp3) is 0.917. The third kappa shape index (κ3) is 5.23. The Bertz CT molecular complexity index is 239. The lowest BCUT2D eigenvalue weighted by atomic mass is 10.0. The minimum absolute atomic E-state index is 0. The number of amides is 1. The summed E-state index contributed by atoms with van der Waals surface area (Å²) < 4.78 is 5.59. The fourth-order valence-electron chi connectivity index (χ4n) is 2.20. The second kappa shape index (κ2) is 7.19. The van der Waals surface area contributed by atoms with Crippen LogP contribution in [0.5, 0.6) is 0 Å². The monoisotopic (exact) mass is 264 g/mol. The number of rotatable bonds is 3. The van der Waals surface area contributed by atoms with Gasteiger partial charge >= 0.3 is 0 Å². The second-order valence-electron chi connectivity index (χ2n) is 5.24. The predicted molar refractivity (Wildman–Crippen MR) is 71.3 cm³/mol. The van der Waals surface area contributed by atoms with Crippen LogP contribution in [0.15, 0.2) is 0 Å². The maximum atomic E-state index is 12.1. The molecule has 2 N–H and O–H groups in total. The van der Waals surface area contributed by atoms with Gasteiger partial charge in [-0.2, -0.15) is 0 Å². The van der Waals surface area contributed by atoms with Gasteiger partial charge in [0.15, 0.2) is 0 Å². The number of carbonyl (C=O) groups is 1. The number of halogens is 1. The second-order valence-corrected chi connectivity index (χ2v) is 5.24. The van der Waals surface area contributed by atoms with E-state index in [0.717, 1.165) is 6.42 Å². The summed E-state index contributed by atoms with van der Waals surface area (Å²) in [6.07, 6.45) is 0.969. The van der Waals surface area contributed by atoms with Gasteiger partial charge in [0.25, 0.3) is 0 Å². The molecule has 102 valence electrons. The Morgan fingerprint density at radius 2 is 1.82 bits per heavy atom. The van der Waals surface area contributed by atoms with Crippen LogP contribution in [0, 0.1) is 5.92 Å². The Hall–Kier alpha value is -0.320. The molecule has 0 aromatic carbocycles. The Labute approximate surface area is 110 Å². The number of carbonyl (C=O) groups excluding carboxylic acids is 1. The van der Waals surface area contributed by atoms with Crippen LogP contribution in [0.4, 0.5) is 0 Å². The Kier molecular flexibility index (Phi) is 7.05. The van der Waals surface area contributed by atoms with Gasteiger partial charge in [-0.25, -0.2) is 0 Å². The topological polar surface area (TPSA) is 55.6 Å². The van der Waals surface area contributed by atoms with Crippen LogP contribution < -0.4 is 5.73 Å². The Morgan fingerprint density at radius 3 is 2.24 bits per heavy atom. The zero-order valence-electron chi connectivity index (χ0n) is 11.2. The Balaban J connectivity index is 0.00000256. The van der Waals surface area contributed by atoms with E-state index in [1.807, 2.05) is 18.7 Å². The van der Waals surface area contributed by atoms with Crippen molar-refractivity contribution in [2.45, 2.75) is 52.4 Å². The summed E-state index contributed by atoms with van der Waals surface area (Å²) >= 11 is 0. The fourth-order valence-corrected chi connectivity index (χ4v) is 2.20. The molecule has 0 bridgehead atoms. The van der Waals surface area contributed by atoms with Crippen molar-refractivity contribution in [3.63, 3.8) is 0 Å². The van der Waals surface area contributed by atoms with Crippen molar-refractivity contribution in [2.24, 2.45) is 11.7 Å². The van der Waals surface area contributed by atoms with E-state index in [1.54, 1.807) is 0 Å². The summed E-state index contributed by atoms with van der Waals surface area (Å²) in [5.74, 6) is 0.519. The summed E-state index contributed by atoms with van der Waals surface area (Å²) in [4.78, 5) is 13.9. The van der Waals surface area contributed by atoms with Crippen LogP contribution in [-0.2, 0) is 9.53 Å². The number of nitrogens with zero attached hydrogens (tertiary/aromatic N) is 1. The molecule has 1 heterocycles. The first kappa shape index (κ1) is 16.7. The van der Waals surface area contributed by atoms with Gasteiger partial charge in [-0.15, -0.1) is 12.4 Å². The molecule has 1 saturated heterocycles. The molecule has 1 aliphatic heterocycles. The van der Waals surface area contributed by atoms with Gasteiger partial charge in [0, 0.05) is 13.1 Å². The summed E-state index contributed by atoms with van der Waals surface area (Å²) in [7, 11) is 0. The SMILES string of the molecule is CC(C)C[C@H](N)C(=O)N1CC(C)OC(C)C1.Cl. The molecular formula is C12H25ClN2O2. The normalized spacial score (nSPS) is 26.6. The number of nitrogens with two attached hydrogens (primary N) is 1. The lowest BCUT2D eigenvalue weighted by Crippen LogP contribution is -2.53. The van der Waals surface area contributed by atoms with Gasteiger partial charge in [0.1, 0.15) is 0 Å². The van der Waals surface area contributed by atoms with E-state index in [9.17, 15) is 4.79 Å². The average molecular weight is 265 g/mol. The van der Waals surface area contributed by atoms with Crippen molar-refractivity contribution in [1.29, 1.82) is 0 Å². The molecule has 0 saturated carbocycles. The molecule has 0 aromatic heterocycles. The van der Waals surface area contributed by atoms with Gasteiger partial charge < -0.3 is 15.4 Å². The molecule has 1 rings (SSSR count). The smallest absolute Gasteiger partial charge is 0.239 e. The van der Waals surface area contributed by atoms with E-state index in [1.165, 1.54) is 0 Å². The Morgan fingerprint density at radius 1 is 1.35 bits per heavy atom. The average Bonchev–Trinajstić information content (AvgIpc) is 2.13. The maximum Gasteiger partial charge on any atom is 0.239 e. The number of hydrogen-bond acceptors (Lipinski definition) is 3. The van der Waals surface area contributed by atoms with E-state index in [4.69, 9.17) is 10.5 Å². The van der Waals surface area contributed by atoms with Crippen LogP contribution >= 0.6 is 12.4 Å². The van der Waals surface area contributed by atoms with Crippen LogP contribution in [0.3, 0.4) is 0 Å². The van der Waals surface area contributed by atoms with Gasteiger partial charge in [0.05, 0.1) is 18.2 Å². The van der Waals surface area contributed by atoms with E-state index in [2.05, 4.69) is 13.8 Å². The molecule has 1 amide bonds. The van der Waals surface area contributed by atoms with Gasteiger partial charge in [0.2, 0.25) is 5.91 Å². The molecule has 1 aliphatic rings. The highest BCUT2D eigenvalue weighted by molar-refractivity contribution is 5.85. The third-order valence-corrected chi connectivity index (χ3v) is 2.77. The van der Waals surface area contributed by atoms with Crippen LogP contribution in [0.25, 0.3) is 0 Å². The third-order valence-electron chi connectivity index (χ3n) is 2.77. The molecule has 5 heteroatoms. The van der Waals surface area contributed by atoms with Crippen LogP contribution in [0.1, 0.15) is 34.1 Å². The first-order valence-corrected chi connectivity index (χ1v) is 6.10. The maximum absolute atomic E-state index is 12.1. The standard InChI is InChI=1S/C12H24N2O2.ClH/c1-8(2)5-11(13)12(15)14-6-9(3)16-10(4)7-14;/h8-11H,5-7,13H2,1-4H3;1H/t9?,10?,11-;/m0./s1. The summed E-state index contributed by atoms with van der Waals surface area (Å²) in [5.41, 5.74) is 5.91. The molecule has 3 atom stereocenters. The minimum atomic E-state index is -0.363. The highest BCUT2D eigenvalue weighted by atomic mass is 35.5. The lowest BCUT2D eigenvalue weighted by molar-refractivity contribution is -0.144. The molecule has 0 aromatic rings. The summed E-state index contributed by atoms with van der Waals surface area (Å²) in [5, 5.41) is 0. The van der Waals surface area contributed by atoms with Gasteiger partial charge in [-0.05, 0) is 26.2 Å². The van der Waals surface area contributed by atoms with Crippen molar-refractivity contribution >= 4 is 18.3 Å². The first-order chi connectivity index (χ1) is 7.40. The largest absolute Gasteiger partial charge is 0.372 e. The van der Waals surface area contributed by atoms with Crippen molar-refractivity contribution < 1.29 is 9.53 Å². The van der Waals surface area contributed by atoms with Crippen molar-refractivity contribution in [3.8, 4) is 0 Å². The molecule has 2 unspecified atom stereocenters. The number of ether oxygens (including phenoxy) is 1. The zero-order chi connectivity index (χ0) is 12.3. The van der Waals surface area contributed by atoms with E-state index >= 15 is 0 Å². The molecule has 1 fully saturated rings. The molecule has 0 radical (unpaired) electrons. The minimum Gasteiger partial charge on any atom is -0.372 e. The number of hydrogen-bond donors (Lipinski definition) is 1. The highest BCUT2D eigenvalue weighted by Crippen LogP contribution is 2.13. The summed E-state index contributed by atoms with van der Waals surface area (Å²) in [6.45, 7) is 9.47. The van der Waals surface area contributed by atoms with Gasteiger partial charge in [-0.3, -0.25) is 4.79 Å². The highest BCUT2D eigenvalue weighted by Gasteiger charge is 2.28. The first-order valence-electron chi connectivity index (χ1n) is 6.10. The molecule has 0 spiro atoms. The quantitative estimate of drug-likeness (QED) is 0.839. The van der Waals surface area contributed by atoms with E-state index in [0.29, 0.717) is 19.0 Å². The molecule has 0 aliphatic carbocycles. The molecule has 17 heavy (non-hydrogen) atoms.